The molecule has 0 aliphatic carbocycles. The number of Topliss-reactive ketones (excluding diaryl/α,β-unsaturated/α-hetero) is 1. The molecule has 2 atom stereocenters. The summed E-state index contributed by atoms with van der Waals surface area (Å²) in [5.41, 5.74) is 0.114. The molecule has 1 aromatic heterocycles. The molecule has 2 unspecified atom stereocenters. The number of ether oxygens (including phenoxy) is 2. The normalized spacial score (nSPS) is 21.3. The van der Waals surface area contributed by atoms with Crippen LogP contribution in [-0.2, 0) is 9.47 Å². The number of thiazole rings is 1. The SMILES string of the molecule is CCOC(=O)c1nc(N(C)C2CCOC2C)sc1C(C)=O. The van der Waals surface area contributed by atoms with E-state index in [0.717, 1.165) is 6.42 Å². The van der Waals surface area contributed by atoms with Crippen molar-refractivity contribution in [2.45, 2.75) is 39.3 Å². The lowest BCUT2D eigenvalue weighted by atomic mass is 10.1. The summed E-state index contributed by atoms with van der Waals surface area (Å²) in [5.74, 6) is -0.722. The fourth-order valence-corrected chi connectivity index (χ4v) is 3.38. The number of hydrogen-bond acceptors (Lipinski definition) is 7. The van der Waals surface area contributed by atoms with Crippen LogP contribution in [0.4, 0.5) is 5.13 Å². The van der Waals surface area contributed by atoms with Crippen molar-refractivity contribution in [3.8, 4) is 0 Å². The number of esters is 1. The molecule has 1 aromatic rings. The minimum Gasteiger partial charge on any atom is -0.461 e. The predicted octanol–water partition coefficient (Wildman–Crippen LogP) is 2.14. The van der Waals surface area contributed by atoms with E-state index in [9.17, 15) is 9.59 Å². The molecule has 0 amide bonds. The third kappa shape index (κ3) is 3.24. The Balaban J connectivity index is 2.30. The zero-order valence-corrected chi connectivity index (χ0v) is 13.5. The molecule has 0 spiro atoms. The van der Waals surface area contributed by atoms with Gasteiger partial charge in [0.15, 0.2) is 16.6 Å². The quantitative estimate of drug-likeness (QED) is 0.613. The third-order valence-electron chi connectivity index (χ3n) is 3.54. The van der Waals surface area contributed by atoms with Gasteiger partial charge in [0, 0.05) is 20.6 Å². The Morgan fingerprint density at radius 1 is 1.52 bits per heavy atom. The van der Waals surface area contributed by atoms with Crippen molar-refractivity contribution in [3.05, 3.63) is 10.6 Å². The first-order valence-corrected chi connectivity index (χ1v) is 7.80. The van der Waals surface area contributed by atoms with Gasteiger partial charge in [0.2, 0.25) is 0 Å². The van der Waals surface area contributed by atoms with Crippen LogP contribution in [0.15, 0.2) is 0 Å². The largest absolute Gasteiger partial charge is 0.461 e. The van der Waals surface area contributed by atoms with E-state index < -0.39 is 5.97 Å². The Labute approximate surface area is 128 Å². The van der Waals surface area contributed by atoms with Crippen molar-refractivity contribution in [3.63, 3.8) is 0 Å². The number of hydrogen-bond donors (Lipinski definition) is 0. The van der Waals surface area contributed by atoms with E-state index in [4.69, 9.17) is 9.47 Å². The summed E-state index contributed by atoms with van der Waals surface area (Å²) in [5, 5.41) is 0.644. The molecule has 0 saturated carbocycles. The van der Waals surface area contributed by atoms with Crippen LogP contribution in [0.25, 0.3) is 0 Å². The van der Waals surface area contributed by atoms with E-state index in [-0.39, 0.29) is 30.2 Å². The Hall–Kier alpha value is -1.47. The van der Waals surface area contributed by atoms with Crippen LogP contribution in [-0.4, -0.2) is 49.1 Å². The van der Waals surface area contributed by atoms with Crippen LogP contribution in [0.5, 0.6) is 0 Å². The smallest absolute Gasteiger partial charge is 0.358 e. The average molecular weight is 312 g/mol. The van der Waals surface area contributed by atoms with Gasteiger partial charge in [-0.05, 0) is 20.3 Å². The summed E-state index contributed by atoms with van der Waals surface area (Å²) in [7, 11) is 1.91. The number of carbonyl (C=O) groups is 2. The van der Waals surface area contributed by atoms with Crippen molar-refractivity contribution in [2.24, 2.45) is 0 Å². The van der Waals surface area contributed by atoms with Crippen LogP contribution in [0.2, 0.25) is 0 Å². The molecule has 1 fully saturated rings. The minimum atomic E-state index is -0.547. The van der Waals surface area contributed by atoms with Crippen LogP contribution < -0.4 is 4.90 Å². The molecule has 0 radical (unpaired) electrons. The van der Waals surface area contributed by atoms with Crippen LogP contribution in [0, 0.1) is 0 Å². The van der Waals surface area contributed by atoms with Crippen molar-refractivity contribution < 1.29 is 19.1 Å². The van der Waals surface area contributed by atoms with Crippen molar-refractivity contribution in [2.75, 3.05) is 25.2 Å². The highest BCUT2D eigenvalue weighted by atomic mass is 32.1. The van der Waals surface area contributed by atoms with Crippen molar-refractivity contribution in [1.82, 2.24) is 4.98 Å². The van der Waals surface area contributed by atoms with E-state index in [1.165, 1.54) is 18.3 Å². The van der Waals surface area contributed by atoms with E-state index in [0.29, 0.717) is 16.6 Å². The maximum Gasteiger partial charge on any atom is 0.358 e. The maximum atomic E-state index is 11.9. The molecule has 1 aliphatic heterocycles. The highest BCUT2D eigenvalue weighted by Gasteiger charge is 2.31. The van der Waals surface area contributed by atoms with Gasteiger partial charge >= 0.3 is 5.97 Å². The number of rotatable bonds is 5. The second-order valence-electron chi connectivity index (χ2n) is 4.99. The lowest BCUT2D eigenvalue weighted by Crippen LogP contribution is -2.36. The predicted molar refractivity (Wildman–Crippen MR) is 80.3 cm³/mol. The van der Waals surface area contributed by atoms with E-state index in [2.05, 4.69) is 4.98 Å². The molecular formula is C14H20N2O4S. The summed E-state index contributed by atoms with van der Waals surface area (Å²) in [6.07, 6.45) is 1.01. The number of ketones is 1. The van der Waals surface area contributed by atoms with E-state index in [1.54, 1.807) is 6.92 Å². The first-order chi connectivity index (χ1) is 9.95. The Kier molecular flexibility index (Phi) is 4.95. The third-order valence-corrected chi connectivity index (χ3v) is 4.79. The zero-order valence-electron chi connectivity index (χ0n) is 12.7. The van der Waals surface area contributed by atoms with Gasteiger partial charge in [-0.25, -0.2) is 9.78 Å². The topological polar surface area (TPSA) is 68.7 Å². The fraction of sp³-hybridized carbons (Fsp3) is 0.643. The van der Waals surface area contributed by atoms with Crippen LogP contribution in [0.1, 0.15) is 47.4 Å². The number of carbonyl (C=O) groups excluding carboxylic acids is 2. The molecule has 21 heavy (non-hydrogen) atoms. The van der Waals surface area contributed by atoms with Gasteiger partial charge in [-0.3, -0.25) is 4.79 Å². The lowest BCUT2D eigenvalue weighted by Gasteiger charge is -2.25. The zero-order chi connectivity index (χ0) is 15.6. The average Bonchev–Trinajstić information content (AvgIpc) is 3.04. The molecule has 1 saturated heterocycles. The Bertz CT molecular complexity index is 543. The highest BCUT2D eigenvalue weighted by molar-refractivity contribution is 7.17. The number of likely N-dealkylation sites (N-methyl/N-ethyl adjacent to an activating group) is 1. The second kappa shape index (κ2) is 6.53. The summed E-state index contributed by atoms with van der Waals surface area (Å²) >= 11 is 1.23. The summed E-state index contributed by atoms with van der Waals surface area (Å²) in [6, 6.07) is 0.200. The molecule has 0 aromatic carbocycles. The maximum absolute atomic E-state index is 11.9. The molecule has 2 rings (SSSR count). The first kappa shape index (κ1) is 15.9. The van der Waals surface area contributed by atoms with Gasteiger partial charge in [-0.15, -0.1) is 0 Å². The number of aromatic nitrogens is 1. The molecule has 0 N–H and O–H groups in total. The van der Waals surface area contributed by atoms with Crippen molar-refractivity contribution in [1.29, 1.82) is 0 Å². The summed E-state index contributed by atoms with van der Waals surface area (Å²) in [6.45, 7) is 6.14. The molecule has 6 nitrogen and oxygen atoms in total. The second-order valence-corrected chi connectivity index (χ2v) is 5.97. The molecular weight excluding hydrogens is 292 g/mol. The van der Waals surface area contributed by atoms with Gasteiger partial charge < -0.3 is 14.4 Å². The van der Waals surface area contributed by atoms with Gasteiger partial charge in [0.1, 0.15) is 4.88 Å². The van der Waals surface area contributed by atoms with Crippen molar-refractivity contribution >= 4 is 28.2 Å². The van der Waals surface area contributed by atoms with E-state index >= 15 is 0 Å². The monoisotopic (exact) mass is 312 g/mol. The van der Waals surface area contributed by atoms with Gasteiger partial charge in [-0.2, -0.15) is 0 Å². The summed E-state index contributed by atoms with van der Waals surface area (Å²) < 4.78 is 10.5. The van der Waals surface area contributed by atoms with E-state index in [1.807, 2.05) is 18.9 Å². The number of nitrogens with zero attached hydrogens (tertiary/aromatic N) is 2. The molecule has 2 heterocycles. The standard InChI is InChI=1S/C14H20N2O4S/c1-5-19-13(18)11-12(8(2)17)21-14(15-11)16(4)10-6-7-20-9(10)3/h9-10H,5-7H2,1-4H3. The Morgan fingerprint density at radius 2 is 2.24 bits per heavy atom. The molecule has 116 valence electrons. The first-order valence-electron chi connectivity index (χ1n) is 6.99. The van der Waals surface area contributed by atoms with Gasteiger partial charge in [-0.1, -0.05) is 11.3 Å². The lowest BCUT2D eigenvalue weighted by molar-refractivity contribution is 0.0517. The fourth-order valence-electron chi connectivity index (χ4n) is 2.41. The molecule has 1 aliphatic rings. The van der Waals surface area contributed by atoms with Gasteiger partial charge in [0.05, 0.1) is 18.8 Å². The van der Waals surface area contributed by atoms with Gasteiger partial charge in [0.25, 0.3) is 0 Å². The Morgan fingerprint density at radius 3 is 2.76 bits per heavy atom. The molecule has 7 heteroatoms. The molecule has 0 bridgehead atoms. The van der Waals surface area contributed by atoms with Crippen LogP contribution >= 0.6 is 11.3 Å². The van der Waals surface area contributed by atoms with Crippen LogP contribution in [0.3, 0.4) is 0 Å². The summed E-state index contributed by atoms with van der Waals surface area (Å²) in [4.78, 5) is 30.3. The highest BCUT2D eigenvalue weighted by Crippen LogP contribution is 2.31. The number of anilines is 1. The minimum absolute atomic E-state index is 0.103.